The quantitative estimate of drug-likeness (QED) is 0.752. The van der Waals surface area contributed by atoms with E-state index in [1.807, 2.05) is 17.9 Å². The van der Waals surface area contributed by atoms with Crippen molar-refractivity contribution < 1.29 is 0 Å². The summed E-state index contributed by atoms with van der Waals surface area (Å²) in [4.78, 5) is 0. The summed E-state index contributed by atoms with van der Waals surface area (Å²) < 4.78 is 1.87. The normalized spacial score (nSPS) is 27.6. The molecule has 0 amide bonds. The standard InChI is InChI=1S/C12H21N3/c1-15-8-7-11(14-15)9-10-5-3-2-4-6-12(10)13/h7-8,10,12H,2-6,9,13H2,1H3. The lowest BCUT2D eigenvalue weighted by molar-refractivity contribution is 0.391. The van der Waals surface area contributed by atoms with Crippen molar-refractivity contribution in [2.24, 2.45) is 18.7 Å². The van der Waals surface area contributed by atoms with Crippen molar-refractivity contribution in [3.8, 4) is 0 Å². The third-order valence-electron chi connectivity index (χ3n) is 3.46. The summed E-state index contributed by atoms with van der Waals surface area (Å²) in [5.74, 6) is 0.641. The van der Waals surface area contributed by atoms with Gasteiger partial charge in [0.1, 0.15) is 0 Å². The Morgan fingerprint density at radius 2 is 2.20 bits per heavy atom. The summed E-state index contributed by atoms with van der Waals surface area (Å²) in [6, 6.07) is 2.49. The Labute approximate surface area is 91.7 Å². The minimum atomic E-state index is 0.384. The van der Waals surface area contributed by atoms with E-state index in [1.54, 1.807) is 0 Å². The van der Waals surface area contributed by atoms with Gasteiger partial charge in [-0.3, -0.25) is 4.68 Å². The van der Waals surface area contributed by atoms with Crippen LogP contribution in [0, 0.1) is 5.92 Å². The van der Waals surface area contributed by atoms with E-state index in [0.29, 0.717) is 12.0 Å². The number of hydrogen-bond acceptors (Lipinski definition) is 2. The lowest BCUT2D eigenvalue weighted by Crippen LogP contribution is -2.30. The van der Waals surface area contributed by atoms with Crippen molar-refractivity contribution in [3.05, 3.63) is 18.0 Å². The molecule has 2 atom stereocenters. The van der Waals surface area contributed by atoms with Crippen LogP contribution in [0.25, 0.3) is 0 Å². The molecule has 2 N–H and O–H groups in total. The molecule has 0 saturated heterocycles. The van der Waals surface area contributed by atoms with Crippen LogP contribution < -0.4 is 5.73 Å². The van der Waals surface area contributed by atoms with E-state index in [1.165, 1.54) is 37.8 Å². The fourth-order valence-electron chi connectivity index (χ4n) is 2.51. The monoisotopic (exact) mass is 207 g/mol. The second-order valence-electron chi connectivity index (χ2n) is 4.75. The summed E-state index contributed by atoms with van der Waals surface area (Å²) in [7, 11) is 1.97. The van der Waals surface area contributed by atoms with Gasteiger partial charge < -0.3 is 5.73 Å². The molecule has 0 aromatic carbocycles. The van der Waals surface area contributed by atoms with Crippen LogP contribution in [0.1, 0.15) is 37.8 Å². The van der Waals surface area contributed by atoms with Gasteiger partial charge in [0.25, 0.3) is 0 Å². The number of nitrogens with two attached hydrogens (primary N) is 1. The number of hydrogen-bond donors (Lipinski definition) is 1. The largest absolute Gasteiger partial charge is 0.327 e. The van der Waals surface area contributed by atoms with Crippen LogP contribution in [-0.2, 0) is 13.5 Å². The first-order chi connectivity index (χ1) is 7.25. The maximum atomic E-state index is 6.20. The first-order valence-corrected chi connectivity index (χ1v) is 6.00. The molecule has 3 nitrogen and oxygen atoms in total. The van der Waals surface area contributed by atoms with Gasteiger partial charge in [0.05, 0.1) is 5.69 Å². The van der Waals surface area contributed by atoms with Crippen LogP contribution >= 0.6 is 0 Å². The average Bonchev–Trinajstić information content (AvgIpc) is 2.50. The molecule has 1 heterocycles. The lowest BCUT2D eigenvalue weighted by Gasteiger charge is -2.19. The summed E-state index contributed by atoms with van der Waals surface area (Å²) in [6.07, 6.45) is 9.53. The van der Waals surface area contributed by atoms with Crippen molar-refractivity contribution in [1.82, 2.24) is 9.78 Å². The molecule has 2 unspecified atom stereocenters. The van der Waals surface area contributed by atoms with E-state index < -0.39 is 0 Å². The third-order valence-corrected chi connectivity index (χ3v) is 3.46. The molecular formula is C12H21N3. The molecule has 15 heavy (non-hydrogen) atoms. The van der Waals surface area contributed by atoms with Gasteiger partial charge in [0, 0.05) is 19.3 Å². The molecule has 0 radical (unpaired) electrons. The molecular weight excluding hydrogens is 186 g/mol. The molecule has 1 aromatic heterocycles. The minimum Gasteiger partial charge on any atom is -0.327 e. The van der Waals surface area contributed by atoms with E-state index in [0.717, 1.165) is 6.42 Å². The first kappa shape index (κ1) is 10.7. The van der Waals surface area contributed by atoms with Gasteiger partial charge >= 0.3 is 0 Å². The number of aryl methyl sites for hydroxylation is 1. The molecule has 1 aliphatic rings. The maximum Gasteiger partial charge on any atom is 0.0627 e. The van der Waals surface area contributed by atoms with Crippen molar-refractivity contribution in [1.29, 1.82) is 0 Å². The molecule has 1 aliphatic carbocycles. The molecule has 84 valence electrons. The number of aromatic nitrogens is 2. The molecule has 1 aromatic rings. The third kappa shape index (κ3) is 2.81. The predicted molar refractivity (Wildman–Crippen MR) is 61.5 cm³/mol. The van der Waals surface area contributed by atoms with Crippen LogP contribution in [-0.4, -0.2) is 15.8 Å². The molecule has 2 rings (SSSR count). The molecule has 1 fully saturated rings. The Morgan fingerprint density at radius 3 is 2.93 bits per heavy atom. The Balaban J connectivity index is 1.97. The molecule has 0 aliphatic heterocycles. The fourth-order valence-corrected chi connectivity index (χ4v) is 2.51. The zero-order valence-corrected chi connectivity index (χ0v) is 9.52. The van der Waals surface area contributed by atoms with Gasteiger partial charge in [-0.15, -0.1) is 0 Å². The summed E-state index contributed by atoms with van der Waals surface area (Å²) in [5, 5.41) is 4.43. The van der Waals surface area contributed by atoms with Crippen molar-refractivity contribution in [2.45, 2.75) is 44.6 Å². The van der Waals surface area contributed by atoms with Crippen molar-refractivity contribution in [3.63, 3.8) is 0 Å². The second-order valence-corrected chi connectivity index (χ2v) is 4.75. The molecule has 3 heteroatoms. The van der Waals surface area contributed by atoms with Gasteiger partial charge in [-0.1, -0.05) is 19.3 Å². The Bertz CT molecular complexity index is 306. The topological polar surface area (TPSA) is 43.8 Å². The Hall–Kier alpha value is -0.830. The van der Waals surface area contributed by atoms with Crippen molar-refractivity contribution >= 4 is 0 Å². The van der Waals surface area contributed by atoms with Crippen LogP contribution in [0.3, 0.4) is 0 Å². The van der Waals surface area contributed by atoms with Gasteiger partial charge in [0.2, 0.25) is 0 Å². The van der Waals surface area contributed by atoms with E-state index in [2.05, 4.69) is 11.2 Å². The number of nitrogens with zero attached hydrogens (tertiary/aromatic N) is 2. The highest BCUT2D eigenvalue weighted by atomic mass is 15.2. The average molecular weight is 207 g/mol. The SMILES string of the molecule is Cn1ccc(CC2CCCCCC2N)n1. The van der Waals surface area contributed by atoms with Crippen molar-refractivity contribution in [2.75, 3.05) is 0 Å². The second kappa shape index (κ2) is 4.79. The van der Waals surface area contributed by atoms with E-state index in [4.69, 9.17) is 5.73 Å². The first-order valence-electron chi connectivity index (χ1n) is 6.00. The zero-order valence-electron chi connectivity index (χ0n) is 9.52. The lowest BCUT2D eigenvalue weighted by atomic mass is 9.91. The smallest absolute Gasteiger partial charge is 0.0627 e. The highest BCUT2D eigenvalue weighted by Crippen LogP contribution is 2.24. The minimum absolute atomic E-state index is 0.384. The highest BCUT2D eigenvalue weighted by Gasteiger charge is 2.21. The van der Waals surface area contributed by atoms with E-state index in [9.17, 15) is 0 Å². The van der Waals surface area contributed by atoms with E-state index >= 15 is 0 Å². The predicted octanol–water partition coefficient (Wildman–Crippen LogP) is 1.87. The van der Waals surface area contributed by atoms with Crippen LogP contribution in [0.4, 0.5) is 0 Å². The Morgan fingerprint density at radius 1 is 1.40 bits per heavy atom. The summed E-state index contributed by atoms with van der Waals surface area (Å²) >= 11 is 0. The summed E-state index contributed by atoms with van der Waals surface area (Å²) in [6.45, 7) is 0. The zero-order chi connectivity index (χ0) is 10.7. The van der Waals surface area contributed by atoms with E-state index in [-0.39, 0.29) is 0 Å². The fraction of sp³-hybridized carbons (Fsp3) is 0.750. The molecule has 0 bridgehead atoms. The summed E-state index contributed by atoms with van der Waals surface area (Å²) in [5.41, 5.74) is 7.39. The molecule has 0 spiro atoms. The van der Waals surface area contributed by atoms with Crippen LogP contribution in [0.5, 0.6) is 0 Å². The molecule has 1 saturated carbocycles. The highest BCUT2D eigenvalue weighted by molar-refractivity contribution is 5.01. The van der Waals surface area contributed by atoms with Gasteiger partial charge in [0.15, 0.2) is 0 Å². The van der Waals surface area contributed by atoms with Gasteiger partial charge in [-0.2, -0.15) is 5.10 Å². The Kier molecular flexibility index (Phi) is 3.41. The maximum absolute atomic E-state index is 6.20. The van der Waals surface area contributed by atoms with Crippen LogP contribution in [0.15, 0.2) is 12.3 Å². The van der Waals surface area contributed by atoms with Gasteiger partial charge in [-0.05, 0) is 31.2 Å². The van der Waals surface area contributed by atoms with Gasteiger partial charge in [-0.25, -0.2) is 0 Å². The number of rotatable bonds is 2. The van der Waals surface area contributed by atoms with Crippen LogP contribution in [0.2, 0.25) is 0 Å².